The van der Waals surface area contributed by atoms with Crippen molar-refractivity contribution in [3.8, 4) is 5.75 Å². The van der Waals surface area contributed by atoms with E-state index in [4.69, 9.17) is 0 Å². The van der Waals surface area contributed by atoms with E-state index in [2.05, 4.69) is 39.9 Å². The van der Waals surface area contributed by atoms with E-state index in [1.54, 1.807) is 17.4 Å². The van der Waals surface area contributed by atoms with Gasteiger partial charge in [0.15, 0.2) is 0 Å². The number of benzene rings is 2. The summed E-state index contributed by atoms with van der Waals surface area (Å²) in [5.41, 5.74) is 6.81. The molecule has 0 spiro atoms. The number of likely N-dealkylation sites (tertiary alicyclic amines) is 1. The second-order valence-corrected chi connectivity index (χ2v) is 9.27. The molecular formula is C28H32N2O2S. The summed E-state index contributed by atoms with van der Waals surface area (Å²) in [6.45, 7) is 8.46. The van der Waals surface area contributed by atoms with Crippen molar-refractivity contribution in [1.82, 2.24) is 9.80 Å². The van der Waals surface area contributed by atoms with Crippen molar-refractivity contribution in [3.63, 3.8) is 0 Å². The zero-order valence-electron chi connectivity index (χ0n) is 19.5. The SMILES string of the molecule is CCN(CC)C(=O)c1ccc(C(=C2CCN(Cc3ccsc3)CC2)c2cccc(O)c2)cc1. The van der Waals surface area contributed by atoms with E-state index in [1.165, 1.54) is 16.7 Å². The molecule has 172 valence electrons. The zero-order chi connectivity index (χ0) is 23.2. The van der Waals surface area contributed by atoms with Crippen molar-refractivity contribution in [2.75, 3.05) is 26.2 Å². The number of piperidine rings is 1. The van der Waals surface area contributed by atoms with Crippen LogP contribution in [0.3, 0.4) is 0 Å². The smallest absolute Gasteiger partial charge is 0.253 e. The van der Waals surface area contributed by atoms with Crippen LogP contribution in [0.15, 0.2) is 70.9 Å². The molecule has 0 atom stereocenters. The standard InChI is InChI=1S/C28H32N2O2S/c1-3-30(4-2)28(32)24-10-8-22(9-11-24)27(25-6-5-7-26(31)18-25)23-12-15-29(16-13-23)19-21-14-17-33-20-21/h5-11,14,17-18,20,31H,3-4,12-13,15-16,19H2,1-2H3. The fourth-order valence-corrected chi connectivity index (χ4v) is 5.24. The van der Waals surface area contributed by atoms with Crippen LogP contribution in [0.1, 0.15) is 53.7 Å². The number of hydrogen-bond donors (Lipinski definition) is 1. The molecule has 4 rings (SSSR count). The van der Waals surface area contributed by atoms with Gasteiger partial charge in [0.1, 0.15) is 5.75 Å². The van der Waals surface area contributed by atoms with Gasteiger partial charge in [-0.05, 0) is 90.0 Å². The zero-order valence-corrected chi connectivity index (χ0v) is 20.3. The molecule has 2 aromatic carbocycles. The summed E-state index contributed by atoms with van der Waals surface area (Å²) in [7, 11) is 0. The number of hydrogen-bond acceptors (Lipinski definition) is 4. The Hall–Kier alpha value is -2.89. The molecule has 0 aliphatic carbocycles. The topological polar surface area (TPSA) is 43.8 Å². The van der Waals surface area contributed by atoms with Crippen molar-refractivity contribution in [1.29, 1.82) is 0 Å². The van der Waals surface area contributed by atoms with Gasteiger partial charge in [-0.1, -0.05) is 29.8 Å². The van der Waals surface area contributed by atoms with Gasteiger partial charge in [-0.15, -0.1) is 0 Å². The molecule has 1 aliphatic rings. The summed E-state index contributed by atoms with van der Waals surface area (Å²) in [6, 6.07) is 17.7. The summed E-state index contributed by atoms with van der Waals surface area (Å²) in [5.74, 6) is 0.341. The molecule has 1 fully saturated rings. The molecular weight excluding hydrogens is 428 g/mol. The molecule has 0 unspecified atom stereocenters. The lowest BCUT2D eigenvalue weighted by Gasteiger charge is -2.30. The Labute approximate surface area is 200 Å². The predicted molar refractivity (Wildman–Crippen MR) is 137 cm³/mol. The number of phenolic OH excluding ortho intramolecular Hbond substituents is 1. The quantitative estimate of drug-likeness (QED) is 0.468. The molecule has 1 aliphatic heterocycles. The highest BCUT2D eigenvalue weighted by Crippen LogP contribution is 2.34. The molecule has 4 nitrogen and oxygen atoms in total. The van der Waals surface area contributed by atoms with E-state index in [0.29, 0.717) is 18.7 Å². The lowest BCUT2D eigenvalue weighted by molar-refractivity contribution is 0.0773. The Morgan fingerprint density at radius 2 is 1.67 bits per heavy atom. The summed E-state index contributed by atoms with van der Waals surface area (Å²) in [6.07, 6.45) is 1.99. The van der Waals surface area contributed by atoms with Gasteiger partial charge in [0.25, 0.3) is 5.91 Å². The molecule has 1 amide bonds. The third-order valence-electron chi connectivity index (χ3n) is 6.41. The molecule has 33 heavy (non-hydrogen) atoms. The first-order chi connectivity index (χ1) is 16.1. The highest BCUT2D eigenvalue weighted by molar-refractivity contribution is 7.07. The third kappa shape index (κ3) is 5.55. The van der Waals surface area contributed by atoms with Gasteiger partial charge in [-0.3, -0.25) is 9.69 Å². The molecule has 1 N–H and O–H groups in total. The molecule has 1 saturated heterocycles. The van der Waals surface area contributed by atoms with Crippen molar-refractivity contribution in [2.24, 2.45) is 0 Å². The first kappa shape index (κ1) is 23.3. The average Bonchev–Trinajstić information content (AvgIpc) is 3.35. The van der Waals surface area contributed by atoms with Gasteiger partial charge in [0.05, 0.1) is 0 Å². The fourth-order valence-electron chi connectivity index (χ4n) is 4.58. The van der Waals surface area contributed by atoms with E-state index in [-0.39, 0.29) is 11.7 Å². The summed E-state index contributed by atoms with van der Waals surface area (Å²) >= 11 is 1.75. The maximum absolute atomic E-state index is 12.7. The fraction of sp³-hybridized carbons (Fsp3) is 0.321. The molecule has 0 radical (unpaired) electrons. The van der Waals surface area contributed by atoms with Gasteiger partial charge < -0.3 is 10.0 Å². The Morgan fingerprint density at radius 3 is 2.27 bits per heavy atom. The first-order valence-electron chi connectivity index (χ1n) is 11.7. The number of rotatable bonds is 7. The van der Waals surface area contributed by atoms with Crippen molar-refractivity contribution in [3.05, 3.63) is 93.2 Å². The van der Waals surface area contributed by atoms with Gasteiger partial charge in [-0.2, -0.15) is 11.3 Å². The van der Waals surface area contributed by atoms with Crippen molar-refractivity contribution < 1.29 is 9.90 Å². The van der Waals surface area contributed by atoms with Crippen LogP contribution in [0.4, 0.5) is 0 Å². The number of aromatic hydroxyl groups is 1. The first-order valence-corrected chi connectivity index (χ1v) is 12.7. The van der Waals surface area contributed by atoms with Crippen LogP contribution in [0.25, 0.3) is 5.57 Å². The minimum atomic E-state index is 0.0693. The van der Waals surface area contributed by atoms with Crippen molar-refractivity contribution >= 4 is 22.8 Å². The molecule has 2 heterocycles. The molecule has 3 aromatic rings. The van der Waals surface area contributed by atoms with E-state index >= 15 is 0 Å². The maximum Gasteiger partial charge on any atom is 0.253 e. The minimum Gasteiger partial charge on any atom is -0.508 e. The average molecular weight is 461 g/mol. The number of carbonyl (C=O) groups excluding carboxylic acids is 1. The van der Waals surface area contributed by atoms with Crippen molar-refractivity contribution in [2.45, 2.75) is 33.2 Å². The number of nitrogens with zero attached hydrogens (tertiary/aromatic N) is 2. The highest BCUT2D eigenvalue weighted by Gasteiger charge is 2.20. The van der Waals surface area contributed by atoms with Crippen LogP contribution >= 0.6 is 11.3 Å². The van der Waals surface area contributed by atoms with Gasteiger partial charge in [-0.25, -0.2) is 0 Å². The second kappa shape index (κ2) is 10.8. The summed E-state index contributed by atoms with van der Waals surface area (Å²) in [5, 5.41) is 14.5. The lowest BCUT2D eigenvalue weighted by Crippen LogP contribution is -2.30. The van der Waals surface area contributed by atoms with E-state index < -0.39 is 0 Å². The van der Waals surface area contributed by atoms with E-state index in [9.17, 15) is 9.90 Å². The van der Waals surface area contributed by atoms with Crippen LogP contribution in [-0.2, 0) is 6.54 Å². The Kier molecular flexibility index (Phi) is 7.63. The molecule has 1 aromatic heterocycles. The monoisotopic (exact) mass is 460 g/mol. The minimum absolute atomic E-state index is 0.0693. The second-order valence-electron chi connectivity index (χ2n) is 8.49. The number of phenols is 1. The largest absolute Gasteiger partial charge is 0.508 e. The van der Waals surface area contributed by atoms with Crippen LogP contribution in [0.2, 0.25) is 0 Å². The van der Waals surface area contributed by atoms with E-state index in [1.807, 2.05) is 43.0 Å². The normalized spacial score (nSPS) is 14.3. The lowest BCUT2D eigenvalue weighted by atomic mass is 9.88. The van der Waals surface area contributed by atoms with Gasteiger partial charge in [0.2, 0.25) is 0 Å². The Morgan fingerprint density at radius 1 is 0.970 bits per heavy atom. The van der Waals surface area contributed by atoms with Gasteiger partial charge in [0, 0.05) is 38.3 Å². The number of amides is 1. The van der Waals surface area contributed by atoms with Crippen LogP contribution in [0, 0.1) is 0 Å². The van der Waals surface area contributed by atoms with Crippen LogP contribution in [-0.4, -0.2) is 47.0 Å². The Balaban J connectivity index is 1.62. The van der Waals surface area contributed by atoms with Gasteiger partial charge >= 0.3 is 0 Å². The Bertz CT molecular complexity index is 1090. The number of carbonyl (C=O) groups is 1. The van der Waals surface area contributed by atoms with Crippen LogP contribution < -0.4 is 0 Å². The summed E-state index contributed by atoms with van der Waals surface area (Å²) in [4.78, 5) is 17.1. The molecule has 5 heteroatoms. The maximum atomic E-state index is 12.7. The summed E-state index contributed by atoms with van der Waals surface area (Å²) < 4.78 is 0. The molecule has 0 bridgehead atoms. The number of thiophene rings is 1. The highest BCUT2D eigenvalue weighted by atomic mass is 32.1. The van der Waals surface area contributed by atoms with Crippen LogP contribution in [0.5, 0.6) is 5.75 Å². The third-order valence-corrected chi connectivity index (χ3v) is 7.14. The molecule has 0 saturated carbocycles. The predicted octanol–water partition coefficient (Wildman–Crippen LogP) is 6.03. The van der Waals surface area contributed by atoms with E-state index in [0.717, 1.165) is 43.6 Å².